The first-order valence-electron chi connectivity index (χ1n) is 7.51. The van der Waals surface area contributed by atoms with E-state index in [9.17, 15) is 10.1 Å². The van der Waals surface area contributed by atoms with E-state index in [2.05, 4.69) is 16.8 Å². The van der Waals surface area contributed by atoms with Crippen molar-refractivity contribution < 1.29 is 4.92 Å². The Kier molecular flexibility index (Phi) is 4.35. The third-order valence-electron chi connectivity index (χ3n) is 4.52. The molecule has 2 aliphatic rings. The molecule has 0 aliphatic carbocycles. The SMILES string of the molecule is CN1CCCC1CCN1CCSc2cc([N+](=O)[O-])ccc21. The molecule has 0 saturated carbocycles. The summed E-state index contributed by atoms with van der Waals surface area (Å²) in [5.41, 5.74) is 1.36. The lowest BCUT2D eigenvalue weighted by Gasteiger charge is -2.32. The van der Waals surface area contributed by atoms with Gasteiger partial charge in [0, 0.05) is 41.9 Å². The molecule has 0 aromatic heterocycles. The Balaban J connectivity index is 1.70. The molecule has 2 aliphatic heterocycles. The van der Waals surface area contributed by atoms with E-state index < -0.39 is 0 Å². The summed E-state index contributed by atoms with van der Waals surface area (Å²) in [4.78, 5) is 16.5. The number of anilines is 1. The van der Waals surface area contributed by atoms with Crippen LogP contribution in [0.25, 0.3) is 0 Å². The highest BCUT2D eigenvalue weighted by atomic mass is 32.2. The van der Waals surface area contributed by atoms with Gasteiger partial charge in [-0.2, -0.15) is 0 Å². The molecule has 0 N–H and O–H groups in total. The molecule has 3 rings (SSSR count). The lowest BCUT2D eigenvalue weighted by Crippen LogP contribution is -2.34. The van der Waals surface area contributed by atoms with Crippen LogP contribution in [0.15, 0.2) is 23.1 Å². The van der Waals surface area contributed by atoms with Crippen LogP contribution in [-0.4, -0.2) is 48.3 Å². The Bertz CT molecular complexity index is 538. The van der Waals surface area contributed by atoms with E-state index in [0.717, 1.165) is 29.4 Å². The molecule has 1 saturated heterocycles. The van der Waals surface area contributed by atoms with Gasteiger partial charge >= 0.3 is 0 Å². The zero-order valence-corrected chi connectivity index (χ0v) is 13.1. The zero-order valence-electron chi connectivity index (χ0n) is 12.3. The second-order valence-corrected chi connectivity index (χ2v) is 6.95. The molecule has 1 atom stereocenters. The van der Waals surface area contributed by atoms with Crippen molar-refractivity contribution in [2.45, 2.75) is 30.2 Å². The summed E-state index contributed by atoms with van der Waals surface area (Å²) < 4.78 is 0. The molecule has 5 nitrogen and oxygen atoms in total. The Hall–Kier alpha value is -1.27. The predicted octanol–water partition coefficient (Wildman–Crippen LogP) is 2.99. The predicted molar refractivity (Wildman–Crippen MR) is 86.3 cm³/mol. The fourth-order valence-corrected chi connectivity index (χ4v) is 4.34. The number of thioether (sulfide) groups is 1. The van der Waals surface area contributed by atoms with Crippen LogP contribution in [0.5, 0.6) is 0 Å². The van der Waals surface area contributed by atoms with Crippen molar-refractivity contribution >= 4 is 23.1 Å². The lowest BCUT2D eigenvalue weighted by atomic mass is 10.1. The Morgan fingerprint density at radius 1 is 1.43 bits per heavy atom. The van der Waals surface area contributed by atoms with Crippen LogP contribution >= 0.6 is 11.8 Å². The van der Waals surface area contributed by atoms with Gasteiger partial charge in [0.1, 0.15) is 0 Å². The zero-order chi connectivity index (χ0) is 14.8. The number of fused-ring (bicyclic) bond motifs is 1. The van der Waals surface area contributed by atoms with Crippen molar-refractivity contribution in [2.75, 3.05) is 37.3 Å². The standard InChI is InChI=1S/C15H21N3O2S/c1-16-7-2-3-12(16)6-8-17-9-10-21-15-11-13(18(19)20)4-5-14(15)17/h4-5,11-12H,2-3,6-10H2,1H3. The van der Waals surface area contributed by atoms with Crippen LogP contribution in [0.4, 0.5) is 11.4 Å². The van der Waals surface area contributed by atoms with Gasteiger partial charge in [-0.3, -0.25) is 10.1 Å². The molecule has 114 valence electrons. The number of benzene rings is 1. The summed E-state index contributed by atoms with van der Waals surface area (Å²) in [6.45, 7) is 3.29. The minimum absolute atomic E-state index is 0.193. The van der Waals surface area contributed by atoms with Crippen molar-refractivity contribution in [1.29, 1.82) is 0 Å². The van der Waals surface area contributed by atoms with Gasteiger partial charge in [-0.25, -0.2) is 0 Å². The molecule has 0 amide bonds. The van der Waals surface area contributed by atoms with Crippen LogP contribution in [0.2, 0.25) is 0 Å². The van der Waals surface area contributed by atoms with E-state index in [1.807, 2.05) is 6.07 Å². The summed E-state index contributed by atoms with van der Waals surface area (Å²) >= 11 is 1.73. The monoisotopic (exact) mass is 307 g/mol. The summed E-state index contributed by atoms with van der Waals surface area (Å²) in [5.74, 6) is 1.01. The minimum atomic E-state index is -0.312. The molecule has 1 fully saturated rings. The van der Waals surface area contributed by atoms with Crippen molar-refractivity contribution in [3.8, 4) is 0 Å². The first-order valence-corrected chi connectivity index (χ1v) is 8.50. The molecule has 1 aromatic carbocycles. The molecule has 0 spiro atoms. The first kappa shape index (κ1) is 14.7. The van der Waals surface area contributed by atoms with Crippen molar-refractivity contribution in [1.82, 2.24) is 4.90 Å². The summed E-state index contributed by atoms with van der Waals surface area (Å²) in [7, 11) is 2.21. The molecule has 1 aromatic rings. The second kappa shape index (κ2) is 6.23. The van der Waals surface area contributed by atoms with Gasteiger partial charge in [-0.1, -0.05) is 0 Å². The highest BCUT2D eigenvalue weighted by Gasteiger charge is 2.24. The molecule has 6 heteroatoms. The molecule has 0 radical (unpaired) electrons. The van der Waals surface area contributed by atoms with E-state index in [-0.39, 0.29) is 10.6 Å². The highest BCUT2D eigenvalue weighted by molar-refractivity contribution is 7.99. The minimum Gasteiger partial charge on any atom is -0.370 e. The average molecular weight is 307 g/mol. The Morgan fingerprint density at radius 2 is 2.29 bits per heavy atom. The largest absolute Gasteiger partial charge is 0.370 e. The molecule has 2 heterocycles. The lowest BCUT2D eigenvalue weighted by molar-refractivity contribution is -0.385. The van der Waals surface area contributed by atoms with Crippen LogP contribution in [0.1, 0.15) is 19.3 Å². The van der Waals surface area contributed by atoms with Crippen LogP contribution in [0, 0.1) is 10.1 Å². The number of non-ortho nitro benzene ring substituents is 1. The third kappa shape index (κ3) is 3.16. The number of nitro groups is 1. The van der Waals surface area contributed by atoms with E-state index in [1.165, 1.54) is 25.8 Å². The smallest absolute Gasteiger partial charge is 0.270 e. The third-order valence-corrected chi connectivity index (χ3v) is 5.54. The van der Waals surface area contributed by atoms with Gasteiger partial charge in [-0.15, -0.1) is 11.8 Å². The maximum Gasteiger partial charge on any atom is 0.270 e. The van der Waals surface area contributed by atoms with Crippen molar-refractivity contribution in [2.24, 2.45) is 0 Å². The first-order chi connectivity index (χ1) is 10.1. The number of nitrogens with zero attached hydrogens (tertiary/aromatic N) is 3. The molecule has 21 heavy (non-hydrogen) atoms. The van der Waals surface area contributed by atoms with Gasteiger partial charge in [0.15, 0.2) is 0 Å². The van der Waals surface area contributed by atoms with E-state index in [0.29, 0.717) is 6.04 Å². The average Bonchev–Trinajstić information content (AvgIpc) is 2.89. The van der Waals surface area contributed by atoms with E-state index >= 15 is 0 Å². The van der Waals surface area contributed by atoms with E-state index in [4.69, 9.17) is 0 Å². The number of nitro benzene ring substituents is 1. The van der Waals surface area contributed by atoms with Gasteiger partial charge in [0.2, 0.25) is 0 Å². The summed E-state index contributed by atoms with van der Waals surface area (Å²) in [6.07, 6.45) is 3.78. The van der Waals surface area contributed by atoms with Crippen LogP contribution in [0.3, 0.4) is 0 Å². The number of rotatable bonds is 4. The number of hydrogen-bond donors (Lipinski definition) is 0. The number of hydrogen-bond acceptors (Lipinski definition) is 5. The van der Waals surface area contributed by atoms with Gasteiger partial charge in [-0.05, 0) is 38.9 Å². The van der Waals surface area contributed by atoms with Gasteiger partial charge in [0.25, 0.3) is 5.69 Å². The quantitative estimate of drug-likeness (QED) is 0.632. The highest BCUT2D eigenvalue weighted by Crippen LogP contribution is 2.37. The molecular weight excluding hydrogens is 286 g/mol. The Labute approximate surface area is 129 Å². The van der Waals surface area contributed by atoms with Crippen LogP contribution < -0.4 is 4.90 Å². The Morgan fingerprint density at radius 3 is 3.00 bits per heavy atom. The van der Waals surface area contributed by atoms with Gasteiger partial charge in [0.05, 0.1) is 10.6 Å². The fraction of sp³-hybridized carbons (Fsp3) is 0.600. The van der Waals surface area contributed by atoms with E-state index in [1.54, 1.807) is 23.9 Å². The topological polar surface area (TPSA) is 49.6 Å². The van der Waals surface area contributed by atoms with Crippen molar-refractivity contribution in [3.05, 3.63) is 28.3 Å². The normalized spacial score (nSPS) is 22.3. The van der Waals surface area contributed by atoms with Gasteiger partial charge < -0.3 is 9.80 Å². The maximum absolute atomic E-state index is 10.9. The fourth-order valence-electron chi connectivity index (χ4n) is 3.26. The summed E-state index contributed by atoms with van der Waals surface area (Å²) in [5, 5.41) is 10.9. The number of likely N-dealkylation sites (tertiary alicyclic amines) is 1. The molecule has 1 unspecified atom stereocenters. The maximum atomic E-state index is 10.9. The summed E-state index contributed by atoms with van der Waals surface area (Å²) in [6, 6.07) is 5.95. The van der Waals surface area contributed by atoms with Crippen LogP contribution in [-0.2, 0) is 0 Å². The second-order valence-electron chi connectivity index (χ2n) is 5.81. The van der Waals surface area contributed by atoms with Crippen molar-refractivity contribution in [3.63, 3.8) is 0 Å². The molecular formula is C15H21N3O2S. The molecule has 0 bridgehead atoms.